The molecule has 6 aromatic carbocycles. The fourth-order valence-corrected chi connectivity index (χ4v) is 9.88. The van der Waals surface area contributed by atoms with Crippen molar-refractivity contribution < 1.29 is 27.2 Å². The third kappa shape index (κ3) is 7.58. The maximum atomic E-state index is 15.1. The zero-order chi connectivity index (χ0) is 38.5. The van der Waals surface area contributed by atoms with Gasteiger partial charge in [-0.05, 0) is 75.2 Å². The molecule has 0 aliphatic heterocycles. The summed E-state index contributed by atoms with van der Waals surface area (Å²) in [5.41, 5.74) is 6.09. The Kier molecular flexibility index (Phi) is 10.0. The number of halogens is 1. The molecule has 0 bridgehead atoms. The molecular formula is C48H39FIrN2SSi-2. The maximum Gasteiger partial charge on any atom is 0.143 e. The number of pyridine rings is 2. The van der Waals surface area contributed by atoms with Crippen molar-refractivity contribution in [3.05, 3.63) is 174 Å². The first-order valence-corrected chi connectivity index (χ1v) is 22.1. The van der Waals surface area contributed by atoms with Crippen LogP contribution in [0.25, 0.3) is 64.2 Å². The third-order valence-electron chi connectivity index (χ3n) is 9.59. The summed E-state index contributed by atoms with van der Waals surface area (Å²) in [6, 6.07) is 46.5. The molecule has 0 saturated carbocycles. The maximum absolute atomic E-state index is 15.1. The number of aryl methyl sites for hydroxylation is 2. The van der Waals surface area contributed by atoms with Crippen LogP contribution in [0.4, 0.5) is 4.39 Å². The zero-order valence-electron chi connectivity index (χ0n) is 32.7. The number of aromatic nitrogens is 2. The van der Waals surface area contributed by atoms with Crippen molar-refractivity contribution in [3.8, 4) is 22.5 Å². The molecule has 0 fully saturated rings. The minimum Gasteiger partial charge on any atom is -0.305 e. The van der Waals surface area contributed by atoms with Crippen molar-refractivity contribution in [2.24, 2.45) is 0 Å². The predicted molar refractivity (Wildman–Crippen MR) is 227 cm³/mol. The second kappa shape index (κ2) is 15.5. The van der Waals surface area contributed by atoms with Crippen LogP contribution in [0.3, 0.4) is 0 Å². The Morgan fingerprint density at radius 2 is 1.46 bits per heavy atom. The molecule has 2 nitrogen and oxygen atoms in total. The first-order valence-electron chi connectivity index (χ1n) is 18.8. The van der Waals surface area contributed by atoms with Crippen LogP contribution in [0.1, 0.15) is 25.0 Å². The molecule has 0 spiro atoms. The van der Waals surface area contributed by atoms with E-state index in [1.54, 1.807) is 29.5 Å². The van der Waals surface area contributed by atoms with E-state index in [4.69, 9.17) is 2.74 Å². The zero-order valence-corrected chi connectivity index (χ0v) is 34.9. The van der Waals surface area contributed by atoms with Gasteiger partial charge in [0.15, 0.2) is 0 Å². The number of hydrogen-bond acceptors (Lipinski definition) is 3. The number of hydrogen-bond donors (Lipinski definition) is 0. The van der Waals surface area contributed by atoms with E-state index < -0.39 is 20.3 Å². The minimum absolute atomic E-state index is 0. The fraction of sp³-hybridized carbons (Fsp3) is 0.125. The summed E-state index contributed by atoms with van der Waals surface area (Å²) >= 11 is 1.67. The van der Waals surface area contributed by atoms with Crippen molar-refractivity contribution in [2.75, 3.05) is 0 Å². The van der Waals surface area contributed by atoms with Gasteiger partial charge in [0.2, 0.25) is 0 Å². The minimum atomic E-state index is -2.02. The van der Waals surface area contributed by atoms with Gasteiger partial charge in [-0.25, -0.2) is 4.39 Å². The average molecular weight is 917 g/mol. The molecule has 3 aromatic heterocycles. The molecule has 3 heterocycles. The van der Waals surface area contributed by atoms with E-state index in [1.807, 2.05) is 67.6 Å². The van der Waals surface area contributed by atoms with Gasteiger partial charge in [-0.1, -0.05) is 126 Å². The largest absolute Gasteiger partial charge is 0.305 e. The summed E-state index contributed by atoms with van der Waals surface area (Å²) in [5, 5.41) is 8.11. The number of fused-ring (bicyclic) bond motifs is 6. The molecule has 0 amide bonds. The fourth-order valence-electron chi connectivity index (χ4n) is 6.91. The van der Waals surface area contributed by atoms with Gasteiger partial charge >= 0.3 is 0 Å². The number of rotatable bonds is 5. The Hall–Kier alpha value is -4.84. The SMILES string of the molecule is Cc1cc(-c2[c-]cccc2)ncc1[Si](C)(C)C.[2H]C([2H])(c1ccc(C)cc1)c1cc(-c2[c-]c3ccccc3c3c2sc2cc4ccccc4cc23)ncc1F.[Ir]. The Morgan fingerprint density at radius 1 is 0.759 bits per heavy atom. The van der Waals surface area contributed by atoms with Gasteiger partial charge in [-0.2, -0.15) is 11.3 Å². The van der Waals surface area contributed by atoms with Gasteiger partial charge in [-0.3, -0.25) is 4.98 Å². The quantitative estimate of drug-likeness (QED) is 0.127. The molecule has 0 aliphatic carbocycles. The van der Waals surface area contributed by atoms with Gasteiger partial charge in [0, 0.05) is 39.4 Å². The van der Waals surface area contributed by atoms with Crippen molar-refractivity contribution in [3.63, 3.8) is 0 Å². The van der Waals surface area contributed by atoms with Crippen LogP contribution in [0.5, 0.6) is 0 Å². The Balaban J connectivity index is 0.000000225. The number of thiophene rings is 1. The van der Waals surface area contributed by atoms with Gasteiger partial charge in [0.25, 0.3) is 0 Å². The third-order valence-corrected chi connectivity index (χ3v) is 12.9. The smallest absolute Gasteiger partial charge is 0.143 e. The van der Waals surface area contributed by atoms with E-state index in [2.05, 4.69) is 97.3 Å². The summed E-state index contributed by atoms with van der Waals surface area (Å²) in [5.74, 6) is -0.668. The molecular weight excluding hydrogens is 876 g/mol. The van der Waals surface area contributed by atoms with Crippen molar-refractivity contribution in [2.45, 2.75) is 39.9 Å². The average Bonchev–Trinajstić information content (AvgIpc) is 3.55. The van der Waals surface area contributed by atoms with Crippen LogP contribution in [-0.2, 0) is 26.5 Å². The molecule has 6 heteroatoms. The van der Waals surface area contributed by atoms with E-state index in [0.717, 1.165) is 59.5 Å². The molecule has 1 radical (unpaired) electrons. The molecule has 54 heavy (non-hydrogen) atoms. The predicted octanol–water partition coefficient (Wildman–Crippen LogP) is 12.7. The molecule has 9 aromatic rings. The number of nitrogens with zero attached hydrogens (tertiary/aromatic N) is 2. The molecule has 0 N–H and O–H groups in total. The first-order chi connectivity index (χ1) is 26.4. The molecule has 0 saturated heterocycles. The monoisotopic (exact) mass is 917 g/mol. The van der Waals surface area contributed by atoms with Crippen LogP contribution in [0.2, 0.25) is 19.6 Å². The summed E-state index contributed by atoms with van der Waals surface area (Å²) < 4.78 is 35.0. The van der Waals surface area contributed by atoms with Crippen molar-refractivity contribution >= 4 is 66.3 Å². The standard InChI is InChI=1S/C33H21FNS.C15H18NSi.Ir/c1-20-10-12-21(13-11-20)14-25-17-30(35-19-29(25)34)27-16-24-8-4-5-9-26(24)32-28-15-22-6-2-3-7-23(22)18-31(28)36-33(27)32;1-12-10-14(13-8-6-5-7-9-13)16-11-15(12)17(2,3)4;/h2-13,15,17-19H,14H2,1H3;5-8,10-11H,1-4H3;/q2*-1;/i14D2;;. The summed E-state index contributed by atoms with van der Waals surface area (Å²) in [7, 11) is -1.27. The number of benzene rings is 6. The van der Waals surface area contributed by atoms with Crippen LogP contribution < -0.4 is 5.19 Å². The van der Waals surface area contributed by atoms with Gasteiger partial charge in [-0.15, -0.1) is 53.4 Å². The molecule has 0 aliphatic rings. The van der Waals surface area contributed by atoms with Crippen LogP contribution in [0.15, 0.2) is 134 Å². The molecule has 0 atom stereocenters. The van der Waals surface area contributed by atoms with E-state index in [9.17, 15) is 0 Å². The summed E-state index contributed by atoms with van der Waals surface area (Å²) in [6.07, 6.45) is 1.16. The summed E-state index contributed by atoms with van der Waals surface area (Å²) in [4.78, 5) is 9.03. The Morgan fingerprint density at radius 3 is 2.19 bits per heavy atom. The van der Waals surface area contributed by atoms with E-state index in [-0.39, 0.29) is 25.7 Å². The van der Waals surface area contributed by atoms with Gasteiger partial charge in [0.05, 0.1) is 14.3 Å². The second-order valence-corrected chi connectivity index (χ2v) is 20.6. The molecule has 269 valence electrons. The molecule has 0 unspecified atom stereocenters. The topological polar surface area (TPSA) is 25.8 Å². The molecule has 9 rings (SSSR count). The van der Waals surface area contributed by atoms with Crippen LogP contribution in [-0.4, -0.2) is 18.0 Å². The Labute approximate surface area is 337 Å². The van der Waals surface area contributed by atoms with E-state index in [0.29, 0.717) is 11.3 Å². The van der Waals surface area contributed by atoms with Crippen LogP contribution >= 0.6 is 11.3 Å². The first kappa shape index (κ1) is 34.9. The van der Waals surface area contributed by atoms with Crippen LogP contribution in [0, 0.1) is 31.8 Å². The van der Waals surface area contributed by atoms with Crippen molar-refractivity contribution in [1.82, 2.24) is 9.97 Å². The van der Waals surface area contributed by atoms with Crippen molar-refractivity contribution in [1.29, 1.82) is 0 Å². The van der Waals surface area contributed by atoms with Gasteiger partial charge in [0.1, 0.15) is 5.82 Å². The normalized spacial score (nSPS) is 12.3. The van der Waals surface area contributed by atoms with E-state index in [1.165, 1.54) is 21.5 Å². The van der Waals surface area contributed by atoms with Gasteiger partial charge < -0.3 is 4.98 Å². The second-order valence-electron chi connectivity index (χ2n) is 14.5. The van der Waals surface area contributed by atoms with E-state index >= 15 is 4.39 Å². The summed E-state index contributed by atoms with van der Waals surface area (Å²) in [6.45, 7) is 11.2. The Bertz CT molecular complexity index is 2870.